The van der Waals surface area contributed by atoms with Gasteiger partial charge in [0.1, 0.15) is 18.3 Å². The summed E-state index contributed by atoms with van der Waals surface area (Å²) in [5.41, 5.74) is 2.81. The maximum absolute atomic E-state index is 14.3. The van der Waals surface area contributed by atoms with Gasteiger partial charge in [0.2, 0.25) is 11.8 Å². The zero-order valence-corrected chi connectivity index (χ0v) is 26.6. The van der Waals surface area contributed by atoms with Crippen molar-refractivity contribution in [2.45, 2.75) is 71.0 Å². The van der Waals surface area contributed by atoms with Crippen LogP contribution < -0.4 is 14.4 Å². The number of nitrogens with one attached hydrogen (secondary N) is 1. The summed E-state index contributed by atoms with van der Waals surface area (Å²) in [4.78, 5) is 29.2. The molecule has 0 spiro atoms. The number of halogens is 1. The summed E-state index contributed by atoms with van der Waals surface area (Å²) < 4.78 is 34.8. The van der Waals surface area contributed by atoms with Crippen molar-refractivity contribution in [2.24, 2.45) is 0 Å². The second kappa shape index (κ2) is 14.6. The molecule has 226 valence electrons. The Morgan fingerprint density at radius 2 is 1.64 bits per heavy atom. The summed E-state index contributed by atoms with van der Waals surface area (Å²) in [6.45, 7) is 9.04. The van der Waals surface area contributed by atoms with Crippen LogP contribution in [0.15, 0.2) is 71.6 Å². The van der Waals surface area contributed by atoms with E-state index < -0.39 is 28.5 Å². The fraction of sp³-hybridized carbons (Fsp3) is 0.375. The van der Waals surface area contributed by atoms with Crippen molar-refractivity contribution in [1.82, 2.24) is 10.2 Å². The lowest BCUT2D eigenvalue weighted by molar-refractivity contribution is -0.140. The number of benzene rings is 3. The summed E-state index contributed by atoms with van der Waals surface area (Å²) in [6, 6.07) is 17.7. The normalized spacial score (nSPS) is 12.7. The summed E-state index contributed by atoms with van der Waals surface area (Å²) in [5, 5.41) is 3.26. The SMILES string of the molecule is CC[C@H](C)NC(=O)[C@H](CC)N(Cc1ccccc1C)C(=O)CN(c1cc(Cl)ccc1OC)S(=O)(=O)c1ccc(C)cc1. The molecular formula is C32H40ClN3O5S. The van der Waals surface area contributed by atoms with E-state index in [-0.39, 0.29) is 39.8 Å². The van der Waals surface area contributed by atoms with Gasteiger partial charge in [0.05, 0.1) is 17.7 Å². The second-order valence-corrected chi connectivity index (χ2v) is 12.6. The van der Waals surface area contributed by atoms with Crippen molar-refractivity contribution in [1.29, 1.82) is 0 Å². The van der Waals surface area contributed by atoms with Gasteiger partial charge in [0, 0.05) is 17.6 Å². The summed E-state index contributed by atoms with van der Waals surface area (Å²) in [7, 11) is -2.84. The Morgan fingerprint density at radius 1 is 0.976 bits per heavy atom. The van der Waals surface area contributed by atoms with Crippen LogP contribution in [0.25, 0.3) is 0 Å². The third-order valence-corrected chi connectivity index (χ3v) is 9.30. The van der Waals surface area contributed by atoms with Gasteiger partial charge in [-0.25, -0.2) is 8.42 Å². The molecule has 0 aliphatic heterocycles. The quantitative estimate of drug-likeness (QED) is 0.260. The van der Waals surface area contributed by atoms with Gasteiger partial charge < -0.3 is 15.0 Å². The van der Waals surface area contributed by atoms with Crippen LogP contribution in [0, 0.1) is 13.8 Å². The highest BCUT2D eigenvalue weighted by molar-refractivity contribution is 7.92. The fourth-order valence-corrected chi connectivity index (χ4v) is 6.12. The minimum Gasteiger partial charge on any atom is -0.495 e. The number of amides is 2. The van der Waals surface area contributed by atoms with Crippen LogP contribution >= 0.6 is 11.6 Å². The van der Waals surface area contributed by atoms with E-state index in [1.165, 1.54) is 30.2 Å². The molecule has 2 amide bonds. The molecule has 2 atom stereocenters. The summed E-state index contributed by atoms with van der Waals surface area (Å²) in [6.07, 6.45) is 1.07. The highest BCUT2D eigenvalue weighted by Gasteiger charge is 2.35. The van der Waals surface area contributed by atoms with E-state index in [1.807, 2.05) is 58.9 Å². The van der Waals surface area contributed by atoms with Crippen molar-refractivity contribution < 1.29 is 22.7 Å². The number of carbonyl (C=O) groups is 2. The van der Waals surface area contributed by atoms with Crippen molar-refractivity contribution in [3.63, 3.8) is 0 Å². The van der Waals surface area contributed by atoms with Gasteiger partial charge in [0.25, 0.3) is 10.0 Å². The van der Waals surface area contributed by atoms with Crippen LogP contribution in [0.3, 0.4) is 0 Å². The molecule has 42 heavy (non-hydrogen) atoms. The van der Waals surface area contributed by atoms with Crippen LogP contribution in [0.5, 0.6) is 5.75 Å². The van der Waals surface area contributed by atoms with Crippen molar-refractivity contribution in [3.8, 4) is 5.75 Å². The monoisotopic (exact) mass is 613 g/mol. The van der Waals surface area contributed by atoms with E-state index >= 15 is 0 Å². The number of sulfonamides is 1. The molecule has 3 rings (SSSR count). The van der Waals surface area contributed by atoms with Gasteiger partial charge in [-0.1, -0.05) is 67.4 Å². The lowest BCUT2D eigenvalue weighted by Gasteiger charge is -2.34. The van der Waals surface area contributed by atoms with Gasteiger partial charge >= 0.3 is 0 Å². The summed E-state index contributed by atoms with van der Waals surface area (Å²) >= 11 is 6.31. The number of hydrogen-bond acceptors (Lipinski definition) is 5. The highest BCUT2D eigenvalue weighted by Crippen LogP contribution is 2.35. The maximum Gasteiger partial charge on any atom is 0.264 e. The van der Waals surface area contributed by atoms with Gasteiger partial charge in [-0.3, -0.25) is 13.9 Å². The lowest BCUT2D eigenvalue weighted by Crippen LogP contribution is -2.53. The molecule has 3 aromatic rings. The van der Waals surface area contributed by atoms with Crippen molar-refractivity contribution in [2.75, 3.05) is 18.0 Å². The molecule has 0 aromatic heterocycles. The number of nitrogens with zero attached hydrogens (tertiary/aromatic N) is 2. The average Bonchev–Trinajstić information content (AvgIpc) is 2.96. The minimum absolute atomic E-state index is 0.00920. The van der Waals surface area contributed by atoms with E-state index in [4.69, 9.17) is 16.3 Å². The number of rotatable bonds is 13. The Labute approximate surface area is 254 Å². The smallest absolute Gasteiger partial charge is 0.264 e. The topological polar surface area (TPSA) is 96.0 Å². The maximum atomic E-state index is 14.3. The van der Waals surface area contributed by atoms with Gasteiger partial charge in [-0.15, -0.1) is 0 Å². The number of ether oxygens (including phenoxy) is 1. The standard InChI is InChI=1S/C32H40ClN3O5S/c1-7-24(5)34-32(38)28(8-2)35(20-25-12-10-9-11-23(25)4)31(37)21-36(29-19-26(33)15-18-30(29)41-6)42(39,40)27-16-13-22(3)14-17-27/h9-19,24,28H,7-8,20-21H2,1-6H3,(H,34,38)/t24-,28-/m0/s1. The van der Waals surface area contributed by atoms with Gasteiger partial charge in [-0.2, -0.15) is 0 Å². The van der Waals surface area contributed by atoms with Gasteiger partial charge in [-0.05, 0) is 75.1 Å². The predicted octanol–water partition coefficient (Wildman–Crippen LogP) is 5.88. The third-order valence-electron chi connectivity index (χ3n) is 7.29. The second-order valence-electron chi connectivity index (χ2n) is 10.3. The number of anilines is 1. The number of methoxy groups -OCH3 is 1. The first-order valence-corrected chi connectivity index (χ1v) is 15.8. The van der Waals surface area contributed by atoms with Crippen LogP contribution in [-0.4, -0.2) is 50.9 Å². The zero-order chi connectivity index (χ0) is 31.0. The molecule has 0 radical (unpaired) electrons. The van der Waals surface area contributed by atoms with Crippen LogP contribution in [-0.2, 0) is 26.2 Å². The Balaban J connectivity index is 2.14. The lowest BCUT2D eigenvalue weighted by atomic mass is 10.1. The molecule has 10 heteroatoms. The number of hydrogen-bond donors (Lipinski definition) is 1. The molecule has 1 N–H and O–H groups in total. The molecule has 0 aliphatic rings. The largest absolute Gasteiger partial charge is 0.495 e. The fourth-order valence-electron chi connectivity index (χ4n) is 4.54. The number of aryl methyl sites for hydroxylation is 2. The molecule has 0 saturated heterocycles. The first-order chi connectivity index (χ1) is 19.9. The molecule has 3 aromatic carbocycles. The third kappa shape index (κ3) is 7.83. The zero-order valence-electron chi connectivity index (χ0n) is 25.1. The molecule has 0 unspecified atom stereocenters. The van der Waals surface area contributed by atoms with Gasteiger partial charge in [0.15, 0.2) is 0 Å². The molecule has 0 saturated carbocycles. The first kappa shape index (κ1) is 32.9. The van der Waals surface area contributed by atoms with Crippen LogP contribution in [0.1, 0.15) is 50.3 Å². The molecule has 8 nitrogen and oxygen atoms in total. The minimum atomic E-state index is -4.26. The Hall–Kier alpha value is -3.56. The Bertz CT molecular complexity index is 1490. The Kier molecular flexibility index (Phi) is 11.4. The molecule has 0 fully saturated rings. The van der Waals surface area contributed by atoms with Crippen LogP contribution in [0.4, 0.5) is 5.69 Å². The van der Waals surface area contributed by atoms with E-state index in [1.54, 1.807) is 24.3 Å². The highest BCUT2D eigenvalue weighted by atomic mass is 35.5. The molecule has 0 bridgehead atoms. The molecular weight excluding hydrogens is 574 g/mol. The average molecular weight is 614 g/mol. The Morgan fingerprint density at radius 3 is 2.24 bits per heavy atom. The van der Waals surface area contributed by atoms with E-state index in [0.717, 1.165) is 27.4 Å². The number of carbonyl (C=O) groups excluding carboxylic acids is 2. The van der Waals surface area contributed by atoms with Crippen molar-refractivity contribution in [3.05, 3.63) is 88.4 Å². The van der Waals surface area contributed by atoms with E-state index in [0.29, 0.717) is 6.42 Å². The predicted molar refractivity (Wildman–Crippen MR) is 167 cm³/mol. The molecule has 0 heterocycles. The van der Waals surface area contributed by atoms with E-state index in [2.05, 4.69) is 5.32 Å². The molecule has 0 aliphatic carbocycles. The van der Waals surface area contributed by atoms with Crippen LogP contribution in [0.2, 0.25) is 5.02 Å². The van der Waals surface area contributed by atoms with E-state index in [9.17, 15) is 18.0 Å². The first-order valence-electron chi connectivity index (χ1n) is 14.0. The summed E-state index contributed by atoms with van der Waals surface area (Å²) in [5.74, 6) is -0.598. The van der Waals surface area contributed by atoms with Crippen molar-refractivity contribution >= 4 is 39.1 Å².